The van der Waals surface area contributed by atoms with Crippen LogP contribution in [0.2, 0.25) is 5.02 Å². The lowest BCUT2D eigenvalue weighted by molar-refractivity contribution is 0.0925. The fourth-order valence-corrected chi connectivity index (χ4v) is 2.77. The fraction of sp³-hybridized carbons (Fsp3) is 0.533. The number of benzene rings is 1. The number of phenols is 1. The van der Waals surface area contributed by atoms with Crippen LogP contribution in [0.5, 0.6) is 5.75 Å². The van der Waals surface area contributed by atoms with E-state index >= 15 is 0 Å². The van der Waals surface area contributed by atoms with Gasteiger partial charge in [0.15, 0.2) is 0 Å². The third kappa shape index (κ3) is 4.12. The van der Waals surface area contributed by atoms with Crippen molar-refractivity contribution >= 4 is 17.5 Å². The minimum atomic E-state index is -0.240. The van der Waals surface area contributed by atoms with Crippen molar-refractivity contribution in [3.63, 3.8) is 0 Å². The average Bonchev–Trinajstić information content (AvgIpc) is 2.42. The third-order valence-corrected chi connectivity index (χ3v) is 3.88. The standard InChI is InChI=1S/C15H21ClN2O2/c1-11(10-18-7-3-2-4-8-18)17-15(20)13-9-12(19)5-6-14(13)16/h5-6,9,11,19H,2-4,7-8,10H2,1H3,(H,17,20). The zero-order chi connectivity index (χ0) is 14.5. The Labute approximate surface area is 124 Å². The van der Waals surface area contributed by atoms with E-state index in [1.807, 2.05) is 6.92 Å². The molecule has 1 unspecified atom stereocenters. The van der Waals surface area contributed by atoms with Crippen molar-refractivity contribution in [1.29, 1.82) is 0 Å². The first-order valence-electron chi connectivity index (χ1n) is 7.08. The average molecular weight is 297 g/mol. The molecule has 20 heavy (non-hydrogen) atoms. The lowest BCUT2D eigenvalue weighted by atomic mass is 10.1. The predicted molar refractivity (Wildman–Crippen MR) is 80.3 cm³/mol. The highest BCUT2D eigenvalue weighted by Gasteiger charge is 2.17. The van der Waals surface area contributed by atoms with Crippen LogP contribution in [-0.2, 0) is 0 Å². The van der Waals surface area contributed by atoms with E-state index in [1.54, 1.807) is 0 Å². The summed E-state index contributed by atoms with van der Waals surface area (Å²) in [5.41, 5.74) is 0.317. The Balaban J connectivity index is 1.91. The number of carbonyl (C=O) groups is 1. The minimum Gasteiger partial charge on any atom is -0.508 e. The topological polar surface area (TPSA) is 52.6 Å². The van der Waals surface area contributed by atoms with Crippen LogP contribution in [0.25, 0.3) is 0 Å². The molecule has 1 fully saturated rings. The monoisotopic (exact) mass is 296 g/mol. The molecule has 110 valence electrons. The molecule has 0 saturated carbocycles. The molecule has 1 amide bonds. The molecular weight excluding hydrogens is 276 g/mol. The summed E-state index contributed by atoms with van der Waals surface area (Å²) in [4.78, 5) is 14.5. The van der Waals surface area contributed by atoms with Crippen molar-refractivity contribution in [2.45, 2.75) is 32.2 Å². The maximum absolute atomic E-state index is 12.1. The summed E-state index contributed by atoms with van der Waals surface area (Å²) >= 11 is 5.98. The summed E-state index contributed by atoms with van der Waals surface area (Å²) in [5, 5.41) is 12.7. The number of phenolic OH excluding ortho intramolecular Hbond substituents is 1. The van der Waals surface area contributed by atoms with Crippen LogP contribution in [0.15, 0.2) is 18.2 Å². The largest absolute Gasteiger partial charge is 0.508 e. The van der Waals surface area contributed by atoms with E-state index in [-0.39, 0.29) is 17.7 Å². The number of hydrogen-bond donors (Lipinski definition) is 2. The van der Waals surface area contributed by atoms with Crippen molar-refractivity contribution in [3.8, 4) is 5.75 Å². The van der Waals surface area contributed by atoms with E-state index in [0.29, 0.717) is 10.6 Å². The highest BCUT2D eigenvalue weighted by atomic mass is 35.5. The van der Waals surface area contributed by atoms with Crippen LogP contribution < -0.4 is 5.32 Å². The molecule has 2 N–H and O–H groups in total. The molecule has 1 saturated heterocycles. The lowest BCUT2D eigenvalue weighted by Crippen LogP contribution is -2.43. The molecule has 1 heterocycles. The van der Waals surface area contributed by atoms with E-state index in [2.05, 4.69) is 10.2 Å². The number of nitrogens with zero attached hydrogens (tertiary/aromatic N) is 1. The maximum Gasteiger partial charge on any atom is 0.253 e. The Hall–Kier alpha value is -1.26. The first-order chi connectivity index (χ1) is 9.56. The Bertz CT molecular complexity index is 473. The molecule has 4 nitrogen and oxygen atoms in total. The lowest BCUT2D eigenvalue weighted by Gasteiger charge is -2.29. The van der Waals surface area contributed by atoms with E-state index < -0.39 is 0 Å². The summed E-state index contributed by atoms with van der Waals surface area (Å²) < 4.78 is 0. The number of nitrogens with one attached hydrogen (secondary N) is 1. The van der Waals surface area contributed by atoms with Gasteiger partial charge in [0.1, 0.15) is 5.75 Å². The number of piperidine rings is 1. The summed E-state index contributed by atoms with van der Waals surface area (Å²) in [6.45, 7) is 5.05. The zero-order valence-corrected chi connectivity index (χ0v) is 12.5. The molecule has 0 aliphatic carbocycles. The number of rotatable bonds is 4. The first-order valence-corrected chi connectivity index (χ1v) is 7.46. The van der Waals surface area contributed by atoms with E-state index in [4.69, 9.17) is 11.6 Å². The van der Waals surface area contributed by atoms with Crippen LogP contribution in [0.1, 0.15) is 36.5 Å². The van der Waals surface area contributed by atoms with E-state index in [1.165, 1.54) is 37.5 Å². The Morgan fingerprint density at radius 1 is 1.40 bits per heavy atom. The minimum absolute atomic E-state index is 0.0447. The second-order valence-corrected chi connectivity index (χ2v) is 5.81. The highest BCUT2D eigenvalue weighted by molar-refractivity contribution is 6.33. The van der Waals surface area contributed by atoms with Gasteiger partial charge in [-0.1, -0.05) is 18.0 Å². The smallest absolute Gasteiger partial charge is 0.253 e. The molecule has 0 aromatic heterocycles. The fourth-order valence-electron chi connectivity index (χ4n) is 2.56. The van der Waals surface area contributed by atoms with E-state index in [0.717, 1.165) is 19.6 Å². The number of likely N-dealkylation sites (tertiary alicyclic amines) is 1. The van der Waals surface area contributed by atoms with Crippen LogP contribution in [0, 0.1) is 0 Å². The van der Waals surface area contributed by atoms with Gasteiger partial charge in [-0.3, -0.25) is 4.79 Å². The van der Waals surface area contributed by atoms with Crippen LogP contribution in [0.4, 0.5) is 0 Å². The summed E-state index contributed by atoms with van der Waals surface area (Å²) in [5.74, 6) is -0.196. The van der Waals surface area contributed by atoms with Crippen molar-refractivity contribution in [3.05, 3.63) is 28.8 Å². The maximum atomic E-state index is 12.1. The van der Waals surface area contributed by atoms with Crippen molar-refractivity contribution in [1.82, 2.24) is 10.2 Å². The Morgan fingerprint density at radius 3 is 2.80 bits per heavy atom. The molecule has 1 atom stereocenters. The number of amides is 1. The predicted octanol–water partition coefficient (Wildman–Crippen LogP) is 2.65. The molecule has 0 bridgehead atoms. The number of hydrogen-bond acceptors (Lipinski definition) is 3. The summed E-state index contributed by atoms with van der Waals surface area (Å²) in [7, 11) is 0. The quantitative estimate of drug-likeness (QED) is 0.898. The second kappa shape index (κ2) is 6.95. The molecule has 0 radical (unpaired) electrons. The highest BCUT2D eigenvalue weighted by Crippen LogP contribution is 2.21. The van der Waals surface area contributed by atoms with Gasteiger partial charge in [-0.2, -0.15) is 0 Å². The first kappa shape index (κ1) is 15.1. The van der Waals surface area contributed by atoms with Crippen molar-refractivity contribution in [2.75, 3.05) is 19.6 Å². The Morgan fingerprint density at radius 2 is 2.10 bits per heavy atom. The van der Waals surface area contributed by atoms with Gasteiger partial charge in [0.2, 0.25) is 0 Å². The number of carbonyl (C=O) groups excluding carboxylic acids is 1. The van der Waals surface area contributed by atoms with Crippen LogP contribution in [0.3, 0.4) is 0 Å². The van der Waals surface area contributed by atoms with Crippen LogP contribution in [-0.4, -0.2) is 41.6 Å². The van der Waals surface area contributed by atoms with Gasteiger partial charge in [-0.25, -0.2) is 0 Å². The second-order valence-electron chi connectivity index (χ2n) is 5.40. The van der Waals surface area contributed by atoms with Gasteiger partial charge in [-0.15, -0.1) is 0 Å². The normalized spacial score (nSPS) is 17.7. The van der Waals surface area contributed by atoms with Gasteiger partial charge >= 0.3 is 0 Å². The molecule has 2 rings (SSSR count). The molecule has 0 spiro atoms. The molecule has 1 aliphatic heterocycles. The van der Waals surface area contributed by atoms with Gasteiger partial charge < -0.3 is 15.3 Å². The van der Waals surface area contributed by atoms with Gasteiger partial charge in [0.25, 0.3) is 5.91 Å². The summed E-state index contributed by atoms with van der Waals surface area (Å²) in [6.07, 6.45) is 3.77. The zero-order valence-electron chi connectivity index (χ0n) is 11.7. The van der Waals surface area contributed by atoms with E-state index in [9.17, 15) is 9.90 Å². The molecule has 5 heteroatoms. The van der Waals surface area contributed by atoms with Gasteiger partial charge in [-0.05, 0) is 51.1 Å². The molecule has 1 aromatic carbocycles. The SMILES string of the molecule is CC(CN1CCCCC1)NC(=O)c1cc(O)ccc1Cl. The van der Waals surface area contributed by atoms with Crippen molar-refractivity contribution < 1.29 is 9.90 Å². The molecule has 1 aromatic rings. The Kier molecular flexibility index (Phi) is 5.26. The number of aromatic hydroxyl groups is 1. The van der Waals surface area contributed by atoms with Gasteiger partial charge in [0, 0.05) is 12.6 Å². The molecule has 1 aliphatic rings. The van der Waals surface area contributed by atoms with Crippen molar-refractivity contribution in [2.24, 2.45) is 0 Å². The van der Waals surface area contributed by atoms with Crippen LogP contribution >= 0.6 is 11.6 Å². The van der Waals surface area contributed by atoms with Gasteiger partial charge in [0.05, 0.1) is 10.6 Å². The summed E-state index contributed by atoms with van der Waals surface area (Å²) in [6, 6.07) is 4.45. The molecular formula is C15H21ClN2O2. The third-order valence-electron chi connectivity index (χ3n) is 3.55. The number of halogens is 1.